The number of nitrogens with one attached hydrogen (secondary N) is 1. The first-order valence-corrected chi connectivity index (χ1v) is 8.10. The highest BCUT2D eigenvalue weighted by molar-refractivity contribution is 5.74. The third-order valence-electron chi connectivity index (χ3n) is 3.95. The molecule has 1 heterocycles. The minimum Gasteiger partial charge on any atom is -0.310 e. The Balaban J connectivity index is 1.87. The second-order valence-corrected chi connectivity index (χ2v) is 5.52. The van der Waals surface area contributed by atoms with Crippen LogP contribution in [0.25, 0.3) is 23.4 Å². The quantitative estimate of drug-likeness (QED) is 0.757. The maximum Gasteiger partial charge on any atom is 0.169 e. The molecule has 5 heteroatoms. The monoisotopic (exact) mass is 319 g/mol. The number of tetrazole rings is 1. The van der Waals surface area contributed by atoms with Crippen molar-refractivity contribution in [3.8, 4) is 11.1 Å². The van der Waals surface area contributed by atoms with Gasteiger partial charge in [-0.05, 0) is 52.2 Å². The number of hydrogen-bond donors (Lipinski definition) is 1. The van der Waals surface area contributed by atoms with Gasteiger partial charge in [0.25, 0.3) is 0 Å². The van der Waals surface area contributed by atoms with Gasteiger partial charge in [-0.15, -0.1) is 5.10 Å². The van der Waals surface area contributed by atoms with E-state index in [2.05, 4.69) is 77.2 Å². The molecule has 0 amide bonds. The van der Waals surface area contributed by atoms with E-state index in [0.29, 0.717) is 6.54 Å². The third kappa shape index (κ3) is 3.58. The molecule has 1 N–H and O–H groups in total. The summed E-state index contributed by atoms with van der Waals surface area (Å²) in [6, 6.07) is 16.7. The maximum absolute atomic E-state index is 4.04. The van der Waals surface area contributed by atoms with Crippen LogP contribution in [0.1, 0.15) is 23.9 Å². The Kier molecular flexibility index (Phi) is 5.13. The Morgan fingerprint density at radius 3 is 2.71 bits per heavy atom. The molecule has 0 aliphatic heterocycles. The first-order valence-electron chi connectivity index (χ1n) is 8.10. The zero-order valence-corrected chi connectivity index (χ0v) is 14.0. The van der Waals surface area contributed by atoms with Gasteiger partial charge in [0.15, 0.2) is 5.82 Å². The zero-order valence-electron chi connectivity index (χ0n) is 14.0. The second kappa shape index (κ2) is 7.66. The molecule has 3 aromatic rings. The molecule has 0 radical (unpaired) electrons. The van der Waals surface area contributed by atoms with E-state index >= 15 is 0 Å². The minimum atomic E-state index is 0.650. The fourth-order valence-electron chi connectivity index (χ4n) is 2.60. The average Bonchev–Trinajstić information content (AvgIpc) is 3.07. The van der Waals surface area contributed by atoms with Crippen molar-refractivity contribution >= 4 is 12.3 Å². The number of nitrogens with zero attached hydrogens (tertiary/aromatic N) is 4. The molecule has 0 bridgehead atoms. The summed E-state index contributed by atoms with van der Waals surface area (Å²) < 4.78 is 1.71. The van der Waals surface area contributed by atoms with Crippen LogP contribution >= 0.6 is 0 Å². The molecule has 0 spiro atoms. The summed E-state index contributed by atoms with van der Waals surface area (Å²) in [5.41, 5.74) is 4.85. The number of hydrogen-bond acceptors (Lipinski definition) is 4. The van der Waals surface area contributed by atoms with Gasteiger partial charge in [0.05, 0.1) is 6.54 Å². The van der Waals surface area contributed by atoms with E-state index in [4.69, 9.17) is 0 Å². The van der Waals surface area contributed by atoms with E-state index < -0.39 is 0 Å². The first-order chi connectivity index (χ1) is 11.8. The van der Waals surface area contributed by atoms with Crippen LogP contribution in [0.5, 0.6) is 0 Å². The van der Waals surface area contributed by atoms with Crippen molar-refractivity contribution < 1.29 is 0 Å². The van der Waals surface area contributed by atoms with Gasteiger partial charge in [-0.3, -0.25) is 0 Å². The topological polar surface area (TPSA) is 55.6 Å². The van der Waals surface area contributed by atoms with Gasteiger partial charge in [0, 0.05) is 6.20 Å². The van der Waals surface area contributed by atoms with Crippen LogP contribution < -0.4 is 5.32 Å². The molecule has 1 aromatic heterocycles. The van der Waals surface area contributed by atoms with Gasteiger partial charge in [-0.25, -0.2) is 4.68 Å². The summed E-state index contributed by atoms with van der Waals surface area (Å²) in [6.45, 7) is 5.73. The Hall–Kier alpha value is -2.79. The van der Waals surface area contributed by atoms with Gasteiger partial charge < -0.3 is 5.32 Å². The van der Waals surface area contributed by atoms with E-state index in [1.807, 2.05) is 18.3 Å². The molecule has 0 saturated heterocycles. The van der Waals surface area contributed by atoms with Crippen molar-refractivity contribution in [3.05, 3.63) is 65.5 Å². The SMILES string of the molecule is CCNCc1nnnn1/C=C/c1cccc(-c2ccccc2)c1C. The van der Waals surface area contributed by atoms with E-state index in [1.165, 1.54) is 16.7 Å². The summed E-state index contributed by atoms with van der Waals surface area (Å²) in [5.74, 6) is 0.796. The van der Waals surface area contributed by atoms with Crippen LogP contribution in [0.15, 0.2) is 48.5 Å². The van der Waals surface area contributed by atoms with Crippen LogP contribution in [0, 0.1) is 6.92 Å². The predicted molar refractivity (Wildman–Crippen MR) is 97.0 cm³/mol. The third-order valence-corrected chi connectivity index (χ3v) is 3.95. The molecule has 122 valence electrons. The Labute approximate surface area is 142 Å². The Morgan fingerprint density at radius 1 is 1.08 bits per heavy atom. The minimum absolute atomic E-state index is 0.650. The molecule has 0 atom stereocenters. The lowest BCUT2D eigenvalue weighted by atomic mass is 9.96. The fourth-order valence-corrected chi connectivity index (χ4v) is 2.60. The van der Waals surface area contributed by atoms with E-state index in [0.717, 1.165) is 17.9 Å². The number of rotatable bonds is 6. The molecule has 0 fully saturated rings. The molecule has 5 nitrogen and oxygen atoms in total. The van der Waals surface area contributed by atoms with Crippen molar-refractivity contribution in [2.24, 2.45) is 0 Å². The Morgan fingerprint density at radius 2 is 1.92 bits per heavy atom. The highest BCUT2D eigenvalue weighted by Crippen LogP contribution is 2.26. The summed E-state index contributed by atoms with van der Waals surface area (Å²) in [7, 11) is 0. The van der Waals surface area contributed by atoms with Crippen molar-refractivity contribution in [3.63, 3.8) is 0 Å². The summed E-state index contributed by atoms with van der Waals surface area (Å²) in [5, 5.41) is 15.0. The van der Waals surface area contributed by atoms with Gasteiger partial charge >= 0.3 is 0 Å². The largest absolute Gasteiger partial charge is 0.310 e. The van der Waals surface area contributed by atoms with Crippen molar-refractivity contribution in [2.45, 2.75) is 20.4 Å². The van der Waals surface area contributed by atoms with Crippen LogP contribution in [0.4, 0.5) is 0 Å². The normalized spacial score (nSPS) is 11.2. The molecule has 24 heavy (non-hydrogen) atoms. The highest BCUT2D eigenvalue weighted by atomic mass is 15.5. The summed E-state index contributed by atoms with van der Waals surface area (Å²) >= 11 is 0. The fraction of sp³-hybridized carbons (Fsp3) is 0.211. The maximum atomic E-state index is 4.04. The van der Waals surface area contributed by atoms with Crippen LogP contribution in [0.3, 0.4) is 0 Å². The molecule has 0 unspecified atom stereocenters. The van der Waals surface area contributed by atoms with Crippen molar-refractivity contribution in [1.29, 1.82) is 0 Å². The van der Waals surface area contributed by atoms with Crippen LogP contribution in [0.2, 0.25) is 0 Å². The summed E-state index contributed by atoms with van der Waals surface area (Å²) in [4.78, 5) is 0. The summed E-state index contributed by atoms with van der Waals surface area (Å²) in [6.07, 6.45) is 3.96. The van der Waals surface area contributed by atoms with Gasteiger partial charge in [-0.1, -0.05) is 55.5 Å². The standard InChI is InChI=1S/C19H21N5/c1-3-20-14-19-21-22-23-24(19)13-12-16-10-7-11-18(15(16)2)17-8-5-4-6-9-17/h4-13,20H,3,14H2,1-2H3/b13-12+. The smallest absolute Gasteiger partial charge is 0.169 e. The van der Waals surface area contributed by atoms with Gasteiger partial charge in [0.2, 0.25) is 0 Å². The predicted octanol–water partition coefficient (Wildman–Crippen LogP) is 3.39. The molecule has 0 saturated carbocycles. The average molecular weight is 319 g/mol. The molecular formula is C19H21N5. The molecular weight excluding hydrogens is 298 g/mol. The van der Waals surface area contributed by atoms with Gasteiger partial charge in [0.1, 0.15) is 0 Å². The van der Waals surface area contributed by atoms with Crippen molar-refractivity contribution in [1.82, 2.24) is 25.5 Å². The zero-order chi connectivity index (χ0) is 16.8. The molecule has 2 aromatic carbocycles. The lowest BCUT2D eigenvalue weighted by Gasteiger charge is -2.09. The molecule has 0 aliphatic carbocycles. The number of benzene rings is 2. The van der Waals surface area contributed by atoms with E-state index in [-0.39, 0.29) is 0 Å². The van der Waals surface area contributed by atoms with E-state index in [9.17, 15) is 0 Å². The van der Waals surface area contributed by atoms with Crippen molar-refractivity contribution in [2.75, 3.05) is 6.54 Å². The lowest BCUT2D eigenvalue weighted by molar-refractivity contribution is 0.674. The second-order valence-electron chi connectivity index (χ2n) is 5.52. The van der Waals surface area contributed by atoms with Gasteiger partial charge in [-0.2, -0.15) is 0 Å². The van der Waals surface area contributed by atoms with Crippen LogP contribution in [-0.2, 0) is 6.54 Å². The first kappa shape index (κ1) is 16.1. The lowest BCUT2D eigenvalue weighted by Crippen LogP contribution is -2.15. The van der Waals surface area contributed by atoms with Crippen LogP contribution in [-0.4, -0.2) is 26.8 Å². The highest BCUT2D eigenvalue weighted by Gasteiger charge is 2.05. The number of aromatic nitrogens is 4. The molecule has 3 rings (SSSR count). The Bertz CT molecular complexity index is 821. The van der Waals surface area contributed by atoms with E-state index in [1.54, 1.807) is 4.68 Å². The molecule has 0 aliphatic rings.